The second kappa shape index (κ2) is 6.50. The van der Waals surface area contributed by atoms with Crippen molar-refractivity contribution in [2.45, 2.75) is 17.9 Å². The topological polar surface area (TPSA) is 87.3 Å². The molecular formula is C13H18FN3O3S. The van der Waals surface area contributed by atoms with Crippen LogP contribution in [0.25, 0.3) is 0 Å². The van der Waals surface area contributed by atoms with Gasteiger partial charge in [0.25, 0.3) is 0 Å². The normalized spacial score (nSPS) is 17.0. The van der Waals surface area contributed by atoms with Crippen molar-refractivity contribution < 1.29 is 17.6 Å². The first-order valence-electron chi connectivity index (χ1n) is 6.65. The van der Waals surface area contributed by atoms with Crippen LogP contribution in [-0.4, -0.2) is 40.0 Å². The third-order valence-corrected chi connectivity index (χ3v) is 4.86. The number of nitrogens with one attached hydrogen (secondary N) is 3. The Bertz CT molecular complexity index is 617. The zero-order valence-electron chi connectivity index (χ0n) is 11.6. The van der Waals surface area contributed by atoms with Crippen LogP contribution in [0.5, 0.6) is 0 Å². The summed E-state index contributed by atoms with van der Waals surface area (Å²) in [5, 5.41) is 5.75. The van der Waals surface area contributed by atoms with Crippen LogP contribution in [0.2, 0.25) is 0 Å². The zero-order chi connectivity index (χ0) is 15.5. The molecule has 0 aliphatic carbocycles. The largest absolute Gasteiger partial charge is 0.354 e. The van der Waals surface area contributed by atoms with Crippen LogP contribution in [0, 0.1) is 11.7 Å². The lowest BCUT2D eigenvalue weighted by molar-refractivity contribution is -0.122. The highest BCUT2D eigenvalue weighted by molar-refractivity contribution is 7.89. The highest BCUT2D eigenvalue weighted by Gasteiger charge is 2.25. The molecular weight excluding hydrogens is 297 g/mol. The predicted octanol–water partition coefficient (Wildman–Crippen LogP) is -0.172. The zero-order valence-corrected chi connectivity index (χ0v) is 12.4. The van der Waals surface area contributed by atoms with Gasteiger partial charge in [-0.2, -0.15) is 4.72 Å². The third kappa shape index (κ3) is 3.99. The number of sulfonamides is 1. The minimum atomic E-state index is -4.06. The van der Waals surface area contributed by atoms with Gasteiger partial charge in [-0.3, -0.25) is 4.79 Å². The third-order valence-electron chi connectivity index (χ3n) is 3.28. The van der Waals surface area contributed by atoms with Gasteiger partial charge in [0.15, 0.2) is 0 Å². The maximum Gasteiger partial charge on any atom is 0.244 e. The first-order chi connectivity index (χ1) is 9.90. The number of hydrogen-bond acceptors (Lipinski definition) is 4. The molecule has 1 fully saturated rings. The summed E-state index contributed by atoms with van der Waals surface area (Å²) in [6, 6.07) is 4.07. The van der Waals surface area contributed by atoms with Crippen molar-refractivity contribution in [3.05, 3.63) is 30.1 Å². The Morgan fingerprint density at radius 3 is 2.67 bits per heavy atom. The van der Waals surface area contributed by atoms with E-state index < -0.39 is 32.7 Å². The van der Waals surface area contributed by atoms with Crippen LogP contribution in [-0.2, 0) is 14.8 Å². The van der Waals surface area contributed by atoms with Crippen LogP contribution in [0.4, 0.5) is 4.39 Å². The number of amides is 1. The van der Waals surface area contributed by atoms with E-state index in [2.05, 4.69) is 15.4 Å². The van der Waals surface area contributed by atoms with Crippen LogP contribution in [0.1, 0.15) is 6.92 Å². The Morgan fingerprint density at radius 1 is 1.43 bits per heavy atom. The fourth-order valence-corrected chi connectivity index (χ4v) is 3.19. The molecule has 6 nitrogen and oxygen atoms in total. The number of halogens is 1. The van der Waals surface area contributed by atoms with E-state index in [0.717, 1.165) is 25.2 Å². The lowest BCUT2D eigenvalue weighted by Gasteiger charge is -2.27. The van der Waals surface area contributed by atoms with Crippen molar-refractivity contribution in [1.29, 1.82) is 0 Å². The Balaban J connectivity index is 1.95. The van der Waals surface area contributed by atoms with Gasteiger partial charge in [0.1, 0.15) is 10.7 Å². The maximum atomic E-state index is 13.5. The van der Waals surface area contributed by atoms with E-state index in [1.54, 1.807) is 0 Å². The van der Waals surface area contributed by atoms with E-state index >= 15 is 0 Å². The van der Waals surface area contributed by atoms with E-state index in [4.69, 9.17) is 0 Å². The predicted molar refractivity (Wildman–Crippen MR) is 75.6 cm³/mol. The monoisotopic (exact) mass is 315 g/mol. The van der Waals surface area contributed by atoms with Gasteiger partial charge in [-0.1, -0.05) is 12.1 Å². The first-order valence-corrected chi connectivity index (χ1v) is 8.14. The standard InChI is InChI=1S/C13H18FN3O3S/c1-9(13(18)16-8-10-6-15-7-10)17-21(19,20)12-5-3-2-4-11(12)14/h2-5,9-10,15,17H,6-8H2,1H3,(H,16,18). The van der Waals surface area contributed by atoms with E-state index in [0.29, 0.717) is 12.5 Å². The average molecular weight is 315 g/mol. The number of rotatable bonds is 6. The van der Waals surface area contributed by atoms with Crippen molar-refractivity contribution in [3.8, 4) is 0 Å². The van der Waals surface area contributed by atoms with Gasteiger partial charge in [0, 0.05) is 25.6 Å². The SMILES string of the molecule is CC(NS(=O)(=O)c1ccccc1F)C(=O)NCC1CNC1. The number of hydrogen-bond donors (Lipinski definition) is 3. The average Bonchev–Trinajstić information content (AvgIpc) is 2.36. The summed E-state index contributed by atoms with van der Waals surface area (Å²) in [7, 11) is -4.06. The fraction of sp³-hybridized carbons (Fsp3) is 0.462. The molecule has 116 valence electrons. The maximum absolute atomic E-state index is 13.5. The lowest BCUT2D eigenvalue weighted by Crippen LogP contribution is -2.51. The van der Waals surface area contributed by atoms with Crippen LogP contribution >= 0.6 is 0 Å². The van der Waals surface area contributed by atoms with Gasteiger partial charge in [0.2, 0.25) is 15.9 Å². The van der Waals surface area contributed by atoms with Crippen LogP contribution in [0.15, 0.2) is 29.2 Å². The van der Waals surface area contributed by atoms with Gasteiger partial charge in [-0.25, -0.2) is 12.8 Å². The molecule has 0 bridgehead atoms. The smallest absolute Gasteiger partial charge is 0.244 e. The molecule has 1 amide bonds. The molecule has 1 aliphatic rings. The van der Waals surface area contributed by atoms with E-state index in [-0.39, 0.29) is 0 Å². The molecule has 3 N–H and O–H groups in total. The van der Waals surface area contributed by atoms with Crippen molar-refractivity contribution >= 4 is 15.9 Å². The fourth-order valence-electron chi connectivity index (χ4n) is 1.90. The minimum absolute atomic E-state index is 0.379. The Hall–Kier alpha value is -1.51. The molecule has 0 spiro atoms. The summed E-state index contributed by atoms with van der Waals surface area (Å²) in [6.07, 6.45) is 0. The van der Waals surface area contributed by atoms with Gasteiger partial charge >= 0.3 is 0 Å². The van der Waals surface area contributed by atoms with Gasteiger partial charge < -0.3 is 10.6 Å². The second-order valence-electron chi connectivity index (χ2n) is 5.04. The second-order valence-corrected chi connectivity index (χ2v) is 6.73. The van der Waals surface area contributed by atoms with E-state index in [1.165, 1.54) is 19.1 Å². The molecule has 21 heavy (non-hydrogen) atoms. The number of carbonyl (C=O) groups is 1. The van der Waals surface area contributed by atoms with Crippen molar-refractivity contribution in [2.75, 3.05) is 19.6 Å². The van der Waals surface area contributed by atoms with Crippen molar-refractivity contribution in [1.82, 2.24) is 15.4 Å². The number of benzene rings is 1. The number of carbonyl (C=O) groups excluding carboxylic acids is 1. The van der Waals surface area contributed by atoms with Crippen molar-refractivity contribution in [2.24, 2.45) is 5.92 Å². The molecule has 8 heteroatoms. The lowest BCUT2D eigenvalue weighted by atomic mass is 10.0. The van der Waals surface area contributed by atoms with Crippen LogP contribution < -0.4 is 15.4 Å². The van der Waals surface area contributed by atoms with Gasteiger partial charge in [-0.05, 0) is 19.1 Å². The molecule has 1 heterocycles. The molecule has 0 radical (unpaired) electrons. The highest BCUT2D eigenvalue weighted by Crippen LogP contribution is 2.13. The van der Waals surface area contributed by atoms with E-state index in [9.17, 15) is 17.6 Å². The molecule has 0 saturated carbocycles. The molecule has 1 atom stereocenters. The molecule has 0 aromatic heterocycles. The Morgan fingerprint density at radius 2 is 2.10 bits per heavy atom. The Labute approximate surface area is 123 Å². The summed E-state index contributed by atoms with van der Waals surface area (Å²) in [4.78, 5) is 11.4. The molecule has 1 aromatic rings. The highest BCUT2D eigenvalue weighted by atomic mass is 32.2. The molecule has 2 rings (SSSR count). The van der Waals surface area contributed by atoms with E-state index in [1.807, 2.05) is 0 Å². The first kappa shape index (κ1) is 15.9. The Kier molecular flexibility index (Phi) is 4.92. The molecule has 1 aliphatic heterocycles. The quantitative estimate of drug-likeness (QED) is 0.680. The summed E-state index contributed by atoms with van der Waals surface area (Å²) >= 11 is 0. The van der Waals surface area contributed by atoms with Crippen molar-refractivity contribution in [3.63, 3.8) is 0 Å². The minimum Gasteiger partial charge on any atom is -0.354 e. The summed E-state index contributed by atoms with van der Waals surface area (Å²) in [5.41, 5.74) is 0. The molecule has 1 aromatic carbocycles. The molecule has 1 unspecified atom stereocenters. The summed E-state index contributed by atoms with van der Waals surface area (Å²) in [5.74, 6) is -0.899. The summed E-state index contributed by atoms with van der Waals surface area (Å²) in [6.45, 7) is 3.61. The molecule has 1 saturated heterocycles. The van der Waals surface area contributed by atoms with Gasteiger partial charge in [0.05, 0.1) is 6.04 Å². The summed E-state index contributed by atoms with van der Waals surface area (Å²) < 4.78 is 39.8. The van der Waals surface area contributed by atoms with Crippen LogP contribution in [0.3, 0.4) is 0 Å². The van der Waals surface area contributed by atoms with Gasteiger partial charge in [-0.15, -0.1) is 0 Å².